The Morgan fingerprint density at radius 3 is 2.40 bits per heavy atom. The molecular formula is C6H12NaO3. The molecule has 1 radical (unpaired) electrons. The van der Waals surface area contributed by atoms with Gasteiger partial charge in [-0.05, 0) is 12.7 Å². The summed E-state index contributed by atoms with van der Waals surface area (Å²) in [6.07, 6.45) is -10.00. The Labute approximate surface area is 91.2 Å². The molecule has 0 aromatic rings. The number of carboxylic acids is 1. The summed E-state index contributed by atoms with van der Waals surface area (Å²) in [5.41, 5.74) is 0. The number of aliphatic hydroxyl groups is 1. The maximum Gasteiger partial charge on any atom is 0.303 e. The fraction of sp³-hybridized carbons (Fsp3) is 0.833. The molecule has 0 bridgehead atoms. The Morgan fingerprint density at radius 1 is 1.40 bits per heavy atom. The van der Waals surface area contributed by atoms with Crippen LogP contribution in [-0.2, 0) is 4.79 Å². The molecule has 0 atom stereocenters. The van der Waals surface area contributed by atoms with Gasteiger partial charge in [-0.1, -0.05) is 6.37 Å². The average molecular weight is 161 g/mol. The largest absolute Gasteiger partial charge is 0.481 e. The molecule has 0 unspecified atom stereocenters. The first kappa shape index (κ1) is 4.45. The molecule has 0 aliphatic carbocycles. The van der Waals surface area contributed by atoms with E-state index < -0.39 is 38.1 Å². The molecule has 0 aliphatic heterocycles. The van der Waals surface area contributed by atoms with Crippen molar-refractivity contribution in [3.63, 3.8) is 0 Å². The number of hydrogen-bond donors (Lipinski definition) is 2. The molecular weight excluding hydrogens is 143 g/mol. The van der Waals surface area contributed by atoms with Crippen LogP contribution in [-0.4, -0.2) is 52.3 Å². The summed E-state index contributed by atoms with van der Waals surface area (Å²) in [5.74, 6) is -1.57. The zero-order valence-corrected chi connectivity index (χ0v) is 7.72. The Bertz CT molecular complexity index is 257. The minimum absolute atomic E-state index is 0. The number of hydrogen-bond acceptors (Lipinski definition) is 2. The summed E-state index contributed by atoms with van der Waals surface area (Å²) in [6, 6.07) is 0. The monoisotopic (exact) mass is 161 g/mol. The molecule has 0 saturated carbocycles. The Morgan fingerprint density at radius 2 is 2.00 bits per heavy atom. The first-order valence-corrected chi connectivity index (χ1v) is 2.30. The van der Waals surface area contributed by atoms with Gasteiger partial charge in [-0.25, -0.2) is 0 Å². The second-order valence-electron chi connectivity index (χ2n) is 1.21. The summed E-state index contributed by atoms with van der Waals surface area (Å²) < 4.78 is 43.0. The molecule has 3 nitrogen and oxygen atoms in total. The van der Waals surface area contributed by atoms with E-state index in [1.165, 1.54) is 0 Å². The van der Waals surface area contributed by atoms with Gasteiger partial charge in [-0.2, -0.15) is 0 Å². The third-order valence-electron chi connectivity index (χ3n) is 0.495. The van der Waals surface area contributed by atoms with E-state index in [2.05, 4.69) is 0 Å². The number of carbonyl (C=O) groups is 1. The average Bonchev–Trinajstić information content (AvgIpc) is 2.01. The van der Waals surface area contributed by atoms with Crippen LogP contribution in [0.1, 0.15) is 33.8 Å². The van der Waals surface area contributed by atoms with Crippen LogP contribution in [0.2, 0.25) is 0 Å². The van der Waals surface area contributed by atoms with Crippen LogP contribution in [0.3, 0.4) is 0 Å². The zero-order valence-electron chi connectivity index (χ0n) is 11.7. The van der Waals surface area contributed by atoms with Gasteiger partial charge in [0.1, 0.15) is 0 Å². The molecule has 10 heavy (non-hydrogen) atoms. The van der Waals surface area contributed by atoms with Gasteiger partial charge < -0.3 is 10.2 Å². The SMILES string of the molecule is [2H]C([2H])(CO)C([2H])([2H])C([2H])([2H])CC(=O)O.[Na]. The van der Waals surface area contributed by atoms with Crippen LogP contribution >= 0.6 is 0 Å². The molecule has 0 rings (SSSR count). The number of rotatable bonds is 5. The summed E-state index contributed by atoms with van der Waals surface area (Å²) in [4.78, 5) is 10.3. The molecule has 0 spiro atoms. The number of aliphatic hydroxyl groups excluding tert-OH is 1. The molecule has 0 amide bonds. The second kappa shape index (κ2) is 9.43. The summed E-state index contributed by atoms with van der Waals surface area (Å²) in [7, 11) is 0. The first-order valence-electron chi connectivity index (χ1n) is 5.30. The van der Waals surface area contributed by atoms with Crippen molar-refractivity contribution < 1.29 is 23.2 Å². The molecule has 0 aliphatic rings. The smallest absolute Gasteiger partial charge is 0.303 e. The zero-order chi connectivity index (χ0) is 12.5. The van der Waals surface area contributed by atoms with E-state index in [1.807, 2.05) is 0 Å². The van der Waals surface area contributed by atoms with Crippen molar-refractivity contribution in [1.82, 2.24) is 0 Å². The summed E-state index contributed by atoms with van der Waals surface area (Å²) in [6.45, 7) is -1.22. The fourth-order valence-corrected chi connectivity index (χ4v) is 0.222. The van der Waals surface area contributed by atoms with Crippen LogP contribution in [0.25, 0.3) is 0 Å². The van der Waals surface area contributed by atoms with Crippen LogP contribution < -0.4 is 0 Å². The fourth-order valence-electron chi connectivity index (χ4n) is 0.222. The van der Waals surface area contributed by atoms with E-state index in [-0.39, 0.29) is 29.6 Å². The van der Waals surface area contributed by atoms with Gasteiger partial charge in [0.25, 0.3) is 0 Å². The van der Waals surface area contributed by atoms with Gasteiger partial charge in [0.15, 0.2) is 0 Å². The van der Waals surface area contributed by atoms with E-state index in [9.17, 15) is 4.79 Å². The molecule has 0 aromatic carbocycles. The van der Waals surface area contributed by atoms with Crippen molar-refractivity contribution in [2.24, 2.45) is 0 Å². The van der Waals surface area contributed by atoms with Gasteiger partial charge in [0.05, 0.1) is 0 Å². The van der Waals surface area contributed by atoms with Gasteiger partial charge >= 0.3 is 5.97 Å². The summed E-state index contributed by atoms with van der Waals surface area (Å²) >= 11 is 0. The molecule has 55 valence electrons. The standard InChI is InChI=1S/C6H12O3.Na/c7-5-3-1-2-4-6(8)9;/h7H,1-5H2,(H,8,9);/i1D2,2D2,3D2;. The van der Waals surface area contributed by atoms with Crippen LogP contribution in [0.5, 0.6) is 0 Å². The first-order chi connectivity index (χ1) is 6.48. The third kappa shape index (κ3) is 11.3. The number of aliphatic carboxylic acids is 1. The topological polar surface area (TPSA) is 57.5 Å². The maximum atomic E-state index is 10.3. The second-order valence-corrected chi connectivity index (χ2v) is 1.21. The van der Waals surface area contributed by atoms with Crippen molar-refractivity contribution in [3.05, 3.63) is 0 Å². The summed E-state index contributed by atoms with van der Waals surface area (Å²) in [5, 5.41) is 17.0. The van der Waals surface area contributed by atoms with E-state index >= 15 is 0 Å². The van der Waals surface area contributed by atoms with Crippen molar-refractivity contribution in [2.75, 3.05) is 6.61 Å². The third-order valence-corrected chi connectivity index (χ3v) is 0.495. The Kier molecular flexibility index (Phi) is 4.20. The van der Waals surface area contributed by atoms with Crippen molar-refractivity contribution in [2.45, 2.75) is 25.5 Å². The van der Waals surface area contributed by atoms with Crippen molar-refractivity contribution in [3.8, 4) is 0 Å². The van der Waals surface area contributed by atoms with Gasteiger partial charge in [-0.15, -0.1) is 0 Å². The molecule has 4 heteroatoms. The van der Waals surface area contributed by atoms with Crippen LogP contribution in [0.15, 0.2) is 0 Å². The van der Waals surface area contributed by atoms with E-state index in [0.717, 1.165) is 0 Å². The van der Waals surface area contributed by atoms with E-state index in [1.54, 1.807) is 0 Å². The minimum Gasteiger partial charge on any atom is -0.481 e. The molecule has 2 N–H and O–H groups in total. The number of carboxylic acid groups (broad SMARTS) is 1. The predicted molar refractivity (Wildman–Crippen MR) is 38.9 cm³/mol. The van der Waals surface area contributed by atoms with E-state index in [4.69, 9.17) is 18.4 Å². The van der Waals surface area contributed by atoms with Crippen LogP contribution in [0, 0.1) is 0 Å². The predicted octanol–water partition coefficient (Wildman–Crippen LogP) is 0.243. The van der Waals surface area contributed by atoms with Crippen molar-refractivity contribution >= 4 is 35.5 Å². The van der Waals surface area contributed by atoms with Gasteiger partial charge in [-0.3, -0.25) is 4.79 Å². The van der Waals surface area contributed by atoms with E-state index in [0.29, 0.717) is 0 Å². The maximum absolute atomic E-state index is 10.3. The van der Waals surface area contributed by atoms with Gasteiger partial charge in [0.2, 0.25) is 0 Å². The van der Waals surface area contributed by atoms with Crippen molar-refractivity contribution in [1.29, 1.82) is 0 Å². The Balaban J connectivity index is 0. The van der Waals surface area contributed by atoms with Crippen LogP contribution in [0.4, 0.5) is 0 Å². The normalized spacial score (nSPS) is 21.7. The quantitative estimate of drug-likeness (QED) is 0.568. The molecule has 0 saturated heterocycles. The minimum atomic E-state index is -3.09. The van der Waals surface area contributed by atoms with Gasteiger partial charge in [0, 0.05) is 50.8 Å². The molecule has 0 aromatic heterocycles. The molecule has 0 fully saturated rings. The Hall–Kier alpha value is 0.430. The molecule has 0 heterocycles.